The number of amides is 1. The summed E-state index contributed by atoms with van der Waals surface area (Å²) in [5.41, 5.74) is 0.561. The Labute approximate surface area is 58.3 Å². The maximum absolute atomic E-state index is 10.0. The molecule has 3 nitrogen and oxygen atoms in total. The van der Waals surface area contributed by atoms with Gasteiger partial charge in [-0.25, -0.2) is 4.79 Å². The molecule has 0 saturated carbocycles. The van der Waals surface area contributed by atoms with Crippen LogP contribution in [0.4, 0.5) is 10.5 Å². The minimum Gasteiger partial charge on any atom is -0.465 e. The van der Waals surface area contributed by atoms with Crippen molar-refractivity contribution in [3.05, 3.63) is 30.3 Å². The minimum atomic E-state index is -1.05. The lowest BCUT2D eigenvalue weighted by Gasteiger charge is -1.96. The van der Waals surface area contributed by atoms with E-state index in [0.29, 0.717) is 5.69 Å². The fourth-order valence-electron chi connectivity index (χ4n) is 0.594. The highest BCUT2D eigenvalue weighted by Crippen LogP contribution is 2.03. The predicted molar refractivity (Wildman–Crippen MR) is 36.9 cm³/mol. The van der Waals surface area contributed by atoms with E-state index in [1.54, 1.807) is 24.3 Å². The van der Waals surface area contributed by atoms with Gasteiger partial charge in [-0.05, 0) is 18.2 Å². The second-order valence-corrected chi connectivity index (χ2v) is 1.72. The van der Waals surface area contributed by atoms with Crippen LogP contribution in [-0.2, 0) is 0 Å². The lowest BCUT2D eigenvalue weighted by Crippen LogP contribution is -2.06. The van der Waals surface area contributed by atoms with Gasteiger partial charge in [0.05, 0.1) is 0 Å². The first-order chi connectivity index (χ1) is 4.79. The number of carbonyl (C=O) groups is 1. The Morgan fingerprint density at radius 3 is 2.60 bits per heavy atom. The summed E-state index contributed by atoms with van der Waals surface area (Å²) >= 11 is 0. The number of carboxylic acid groups (broad SMARTS) is 1. The van der Waals surface area contributed by atoms with Crippen molar-refractivity contribution in [1.82, 2.24) is 0 Å². The summed E-state index contributed by atoms with van der Waals surface area (Å²) in [5, 5.41) is 10.4. The number of hydrogen-bond donors (Lipinski definition) is 2. The maximum atomic E-state index is 10.0. The van der Waals surface area contributed by atoms with Crippen LogP contribution in [0.3, 0.4) is 0 Å². The molecule has 0 aromatic heterocycles. The van der Waals surface area contributed by atoms with Gasteiger partial charge in [0.15, 0.2) is 0 Å². The van der Waals surface area contributed by atoms with E-state index >= 15 is 0 Å². The third-order valence-electron chi connectivity index (χ3n) is 0.970. The van der Waals surface area contributed by atoms with E-state index in [4.69, 9.17) is 5.11 Å². The molecule has 0 fully saturated rings. The van der Waals surface area contributed by atoms with E-state index in [1.807, 2.05) is 0 Å². The molecule has 51 valence electrons. The highest BCUT2D eigenvalue weighted by molar-refractivity contribution is 5.82. The lowest BCUT2D eigenvalue weighted by atomic mass is 10.3. The van der Waals surface area contributed by atoms with Crippen LogP contribution in [0, 0.1) is 6.07 Å². The second-order valence-electron chi connectivity index (χ2n) is 1.72. The molecule has 0 aliphatic heterocycles. The third-order valence-corrected chi connectivity index (χ3v) is 0.970. The summed E-state index contributed by atoms with van der Waals surface area (Å²) in [6, 6.07) is 9.33. The number of hydrogen-bond acceptors (Lipinski definition) is 1. The van der Waals surface area contributed by atoms with Crippen LogP contribution in [0.2, 0.25) is 0 Å². The van der Waals surface area contributed by atoms with Crippen molar-refractivity contribution in [1.29, 1.82) is 0 Å². The van der Waals surface area contributed by atoms with Gasteiger partial charge in [0, 0.05) is 5.69 Å². The van der Waals surface area contributed by atoms with Gasteiger partial charge < -0.3 is 5.11 Å². The van der Waals surface area contributed by atoms with Crippen molar-refractivity contribution < 1.29 is 9.90 Å². The molecular formula is C7H6NO2. The predicted octanol–water partition coefficient (Wildman–Crippen LogP) is 1.58. The van der Waals surface area contributed by atoms with Gasteiger partial charge in [-0.2, -0.15) is 0 Å². The number of anilines is 1. The first kappa shape index (κ1) is 6.61. The highest BCUT2D eigenvalue weighted by Gasteiger charge is 1.93. The Hall–Kier alpha value is -1.51. The Balaban J connectivity index is 2.67. The summed E-state index contributed by atoms with van der Waals surface area (Å²) in [6.45, 7) is 0. The average molecular weight is 136 g/mol. The van der Waals surface area contributed by atoms with Crippen molar-refractivity contribution in [2.75, 3.05) is 5.32 Å². The molecule has 1 radical (unpaired) electrons. The molecule has 2 N–H and O–H groups in total. The molecule has 0 atom stereocenters. The summed E-state index contributed by atoms with van der Waals surface area (Å²) in [6.07, 6.45) is -1.05. The van der Waals surface area contributed by atoms with Crippen LogP contribution in [0.15, 0.2) is 24.3 Å². The Morgan fingerprint density at radius 2 is 2.10 bits per heavy atom. The number of rotatable bonds is 1. The number of nitrogens with one attached hydrogen (secondary N) is 1. The quantitative estimate of drug-likeness (QED) is 0.615. The van der Waals surface area contributed by atoms with E-state index in [-0.39, 0.29) is 0 Å². The molecular weight excluding hydrogens is 130 g/mol. The van der Waals surface area contributed by atoms with Crippen LogP contribution < -0.4 is 5.32 Å². The largest absolute Gasteiger partial charge is 0.465 e. The van der Waals surface area contributed by atoms with Crippen molar-refractivity contribution in [3.8, 4) is 0 Å². The second kappa shape index (κ2) is 2.87. The zero-order valence-corrected chi connectivity index (χ0v) is 5.16. The SMILES string of the molecule is O=C(O)Nc1cc[c]cc1. The van der Waals surface area contributed by atoms with Crippen molar-refractivity contribution >= 4 is 11.8 Å². The molecule has 0 saturated heterocycles. The number of benzene rings is 1. The molecule has 0 aliphatic carbocycles. The molecule has 1 aromatic carbocycles. The molecule has 0 bridgehead atoms. The zero-order valence-electron chi connectivity index (χ0n) is 5.16. The Morgan fingerprint density at radius 1 is 1.50 bits per heavy atom. The van der Waals surface area contributed by atoms with Crippen LogP contribution >= 0.6 is 0 Å². The fraction of sp³-hybridized carbons (Fsp3) is 0. The van der Waals surface area contributed by atoms with E-state index in [9.17, 15) is 4.79 Å². The van der Waals surface area contributed by atoms with E-state index in [2.05, 4.69) is 11.4 Å². The Kier molecular flexibility index (Phi) is 1.89. The molecule has 0 spiro atoms. The summed E-state index contributed by atoms with van der Waals surface area (Å²) in [5.74, 6) is 0. The molecule has 1 amide bonds. The van der Waals surface area contributed by atoms with Gasteiger partial charge in [-0.15, -0.1) is 0 Å². The zero-order chi connectivity index (χ0) is 7.40. The molecule has 0 aliphatic rings. The standard InChI is InChI=1S/C7H6NO2/c9-7(10)8-6-4-2-1-3-5-6/h2-5,8H,(H,9,10). The topological polar surface area (TPSA) is 49.3 Å². The van der Waals surface area contributed by atoms with E-state index in [1.165, 1.54) is 0 Å². The average Bonchev–Trinajstić information content (AvgIpc) is 1.88. The highest BCUT2D eigenvalue weighted by atomic mass is 16.4. The fourth-order valence-corrected chi connectivity index (χ4v) is 0.594. The first-order valence-corrected chi connectivity index (χ1v) is 2.75. The molecule has 10 heavy (non-hydrogen) atoms. The third kappa shape index (κ3) is 1.78. The molecule has 0 heterocycles. The van der Waals surface area contributed by atoms with Crippen LogP contribution in [0.1, 0.15) is 0 Å². The van der Waals surface area contributed by atoms with Gasteiger partial charge in [0.25, 0.3) is 0 Å². The summed E-state index contributed by atoms with van der Waals surface area (Å²) in [7, 11) is 0. The van der Waals surface area contributed by atoms with Crippen LogP contribution in [0.5, 0.6) is 0 Å². The van der Waals surface area contributed by atoms with E-state index in [0.717, 1.165) is 0 Å². The van der Waals surface area contributed by atoms with Gasteiger partial charge in [-0.1, -0.05) is 12.1 Å². The van der Waals surface area contributed by atoms with Crippen LogP contribution in [0.25, 0.3) is 0 Å². The smallest absolute Gasteiger partial charge is 0.409 e. The lowest BCUT2D eigenvalue weighted by molar-refractivity contribution is 0.210. The summed E-state index contributed by atoms with van der Waals surface area (Å²) < 4.78 is 0. The van der Waals surface area contributed by atoms with Gasteiger partial charge in [-0.3, -0.25) is 5.32 Å². The summed E-state index contributed by atoms with van der Waals surface area (Å²) in [4.78, 5) is 10.0. The molecule has 1 rings (SSSR count). The molecule has 3 heteroatoms. The van der Waals surface area contributed by atoms with Crippen LogP contribution in [-0.4, -0.2) is 11.2 Å². The first-order valence-electron chi connectivity index (χ1n) is 2.75. The van der Waals surface area contributed by atoms with Gasteiger partial charge in [0.2, 0.25) is 0 Å². The minimum absolute atomic E-state index is 0.561. The van der Waals surface area contributed by atoms with Gasteiger partial charge >= 0.3 is 6.09 Å². The normalized spacial score (nSPS) is 8.80. The molecule has 0 unspecified atom stereocenters. The van der Waals surface area contributed by atoms with Crippen molar-refractivity contribution in [2.45, 2.75) is 0 Å². The van der Waals surface area contributed by atoms with Crippen molar-refractivity contribution in [3.63, 3.8) is 0 Å². The van der Waals surface area contributed by atoms with Gasteiger partial charge in [0.1, 0.15) is 0 Å². The Bertz CT molecular complexity index is 220. The monoisotopic (exact) mass is 136 g/mol. The maximum Gasteiger partial charge on any atom is 0.409 e. The van der Waals surface area contributed by atoms with E-state index < -0.39 is 6.09 Å². The molecule has 1 aromatic rings. The van der Waals surface area contributed by atoms with Crippen molar-refractivity contribution in [2.24, 2.45) is 0 Å².